The van der Waals surface area contributed by atoms with Crippen molar-refractivity contribution in [1.29, 1.82) is 0 Å². The summed E-state index contributed by atoms with van der Waals surface area (Å²) in [6.07, 6.45) is 2.81. The molecule has 0 aliphatic rings. The number of aryl methyl sites for hydroxylation is 1. The monoisotopic (exact) mass is 438 g/mol. The minimum Gasteiger partial charge on any atom is -0.490 e. The third kappa shape index (κ3) is 7.94. The molecule has 0 aliphatic carbocycles. The second-order valence-corrected chi connectivity index (χ2v) is 6.54. The fourth-order valence-corrected chi connectivity index (χ4v) is 2.52. The molecule has 2 aromatic carbocycles. The molecule has 9 heteroatoms. The van der Waals surface area contributed by atoms with E-state index in [0.717, 1.165) is 5.56 Å². The molecule has 0 radical (unpaired) electrons. The summed E-state index contributed by atoms with van der Waals surface area (Å²) < 4.78 is 11.2. The highest BCUT2D eigenvalue weighted by atomic mass is 16.5. The van der Waals surface area contributed by atoms with E-state index < -0.39 is 11.8 Å². The Kier molecular flexibility index (Phi) is 9.45. The molecule has 0 fully saturated rings. The van der Waals surface area contributed by atoms with Gasteiger partial charge in [-0.1, -0.05) is 18.2 Å². The molecule has 168 valence electrons. The number of hydrogen-bond acceptors (Lipinski definition) is 6. The summed E-state index contributed by atoms with van der Waals surface area (Å²) in [4.78, 5) is 35.3. The minimum absolute atomic E-state index is 0.179. The second-order valence-electron chi connectivity index (χ2n) is 6.54. The summed E-state index contributed by atoms with van der Waals surface area (Å²) in [7, 11) is 0. The first-order chi connectivity index (χ1) is 15.4. The fraction of sp³-hybridized carbons (Fsp3) is 0.217. The van der Waals surface area contributed by atoms with Gasteiger partial charge in [-0.15, -0.1) is 6.58 Å². The Bertz CT molecular complexity index is 1000. The van der Waals surface area contributed by atoms with E-state index in [1.165, 1.54) is 12.3 Å². The van der Waals surface area contributed by atoms with E-state index in [9.17, 15) is 14.4 Å². The standard InChI is InChI=1S/C23H26N4O5/c1-4-11-24-22(29)23(30)27-25-14-17-9-10-19(20(13-17)31-5-2)32-15-21(28)26-18-8-6-7-16(3)12-18/h4,6-10,12-14H,1,5,11,15H2,2-3H3,(H,24,29)(H,26,28)(H,27,30)/b25-14-. The van der Waals surface area contributed by atoms with Crippen LogP contribution in [0.1, 0.15) is 18.1 Å². The van der Waals surface area contributed by atoms with E-state index in [4.69, 9.17) is 9.47 Å². The zero-order valence-electron chi connectivity index (χ0n) is 18.0. The van der Waals surface area contributed by atoms with Gasteiger partial charge in [0.1, 0.15) is 0 Å². The van der Waals surface area contributed by atoms with Crippen LogP contribution in [-0.4, -0.2) is 43.7 Å². The topological polar surface area (TPSA) is 118 Å². The number of benzene rings is 2. The van der Waals surface area contributed by atoms with Crippen LogP contribution in [0.25, 0.3) is 0 Å². The maximum absolute atomic E-state index is 12.2. The first-order valence-corrected chi connectivity index (χ1v) is 9.91. The van der Waals surface area contributed by atoms with Gasteiger partial charge in [-0.05, 0) is 55.3 Å². The van der Waals surface area contributed by atoms with Crippen LogP contribution in [0.4, 0.5) is 5.69 Å². The van der Waals surface area contributed by atoms with Crippen molar-refractivity contribution in [2.45, 2.75) is 13.8 Å². The number of nitrogens with one attached hydrogen (secondary N) is 3. The molecule has 2 aromatic rings. The summed E-state index contributed by atoms with van der Waals surface area (Å²) >= 11 is 0. The predicted octanol–water partition coefficient (Wildman–Crippen LogP) is 2.16. The molecule has 0 aliphatic heterocycles. The third-order valence-electron chi connectivity index (χ3n) is 3.92. The largest absolute Gasteiger partial charge is 0.490 e. The van der Waals surface area contributed by atoms with Gasteiger partial charge >= 0.3 is 11.8 Å². The molecular formula is C23H26N4O5. The second kappa shape index (κ2) is 12.5. The lowest BCUT2D eigenvalue weighted by Crippen LogP contribution is -2.37. The van der Waals surface area contributed by atoms with Crippen LogP contribution in [0.15, 0.2) is 60.2 Å². The van der Waals surface area contributed by atoms with Gasteiger partial charge in [0.15, 0.2) is 18.1 Å². The highest BCUT2D eigenvalue weighted by molar-refractivity contribution is 6.35. The van der Waals surface area contributed by atoms with Gasteiger partial charge in [-0.25, -0.2) is 5.43 Å². The van der Waals surface area contributed by atoms with Crippen molar-refractivity contribution >= 4 is 29.6 Å². The molecule has 0 spiro atoms. The Morgan fingerprint density at radius 2 is 1.88 bits per heavy atom. The number of carbonyl (C=O) groups is 3. The van der Waals surface area contributed by atoms with Gasteiger partial charge < -0.3 is 20.1 Å². The molecule has 0 atom stereocenters. The lowest BCUT2D eigenvalue weighted by atomic mass is 10.2. The average Bonchev–Trinajstić information content (AvgIpc) is 2.77. The summed E-state index contributed by atoms with van der Waals surface area (Å²) in [5.74, 6) is -1.22. The molecule has 0 heterocycles. The van der Waals surface area contributed by atoms with E-state index in [-0.39, 0.29) is 19.1 Å². The van der Waals surface area contributed by atoms with Crippen molar-refractivity contribution in [3.8, 4) is 11.5 Å². The predicted molar refractivity (Wildman–Crippen MR) is 122 cm³/mol. The molecular weight excluding hydrogens is 412 g/mol. The number of hydrazone groups is 1. The summed E-state index contributed by atoms with van der Waals surface area (Å²) in [6, 6.07) is 12.4. The molecule has 9 nitrogen and oxygen atoms in total. The Labute approximate surface area is 186 Å². The van der Waals surface area contributed by atoms with Crippen molar-refractivity contribution in [3.05, 3.63) is 66.2 Å². The summed E-state index contributed by atoms with van der Waals surface area (Å²) in [5.41, 5.74) is 4.45. The molecule has 32 heavy (non-hydrogen) atoms. The molecule has 0 saturated heterocycles. The number of carbonyl (C=O) groups excluding carboxylic acids is 3. The van der Waals surface area contributed by atoms with E-state index in [0.29, 0.717) is 29.4 Å². The average molecular weight is 438 g/mol. The third-order valence-corrected chi connectivity index (χ3v) is 3.92. The van der Waals surface area contributed by atoms with Crippen LogP contribution in [0.3, 0.4) is 0 Å². The van der Waals surface area contributed by atoms with Crippen LogP contribution < -0.4 is 25.5 Å². The van der Waals surface area contributed by atoms with Crippen molar-refractivity contribution < 1.29 is 23.9 Å². The molecule has 2 rings (SSSR count). The number of hydrogen-bond donors (Lipinski definition) is 3. The molecule has 3 amide bonds. The molecule has 0 unspecified atom stereocenters. The fourth-order valence-electron chi connectivity index (χ4n) is 2.52. The highest BCUT2D eigenvalue weighted by Gasteiger charge is 2.11. The molecule has 0 aromatic heterocycles. The maximum atomic E-state index is 12.2. The van der Waals surface area contributed by atoms with E-state index in [2.05, 4.69) is 27.7 Å². The first-order valence-electron chi connectivity index (χ1n) is 9.91. The summed E-state index contributed by atoms with van der Waals surface area (Å²) in [6.45, 7) is 7.57. The SMILES string of the molecule is C=CCNC(=O)C(=O)N/N=C\c1ccc(OCC(=O)Nc2cccc(C)c2)c(OCC)c1. The van der Waals surface area contributed by atoms with Crippen molar-refractivity contribution in [1.82, 2.24) is 10.7 Å². The summed E-state index contributed by atoms with van der Waals surface area (Å²) in [5, 5.41) is 8.87. The molecule has 0 bridgehead atoms. The minimum atomic E-state index is -0.896. The van der Waals surface area contributed by atoms with Gasteiger partial charge in [0.05, 0.1) is 12.8 Å². The number of ether oxygens (including phenoxy) is 2. The number of amides is 3. The van der Waals surface area contributed by atoms with Gasteiger partial charge in [0.2, 0.25) is 0 Å². The Hall–Kier alpha value is -4.14. The maximum Gasteiger partial charge on any atom is 0.329 e. The Morgan fingerprint density at radius 3 is 2.59 bits per heavy atom. The van der Waals surface area contributed by atoms with Gasteiger partial charge in [0, 0.05) is 12.2 Å². The Balaban J connectivity index is 1.96. The lowest BCUT2D eigenvalue weighted by Gasteiger charge is -2.13. The van der Waals surface area contributed by atoms with Crippen LogP contribution in [0, 0.1) is 6.92 Å². The lowest BCUT2D eigenvalue weighted by molar-refractivity contribution is -0.139. The van der Waals surface area contributed by atoms with Crippen molar-refractivity contribution in [3.63, 3.8) is 0 Å². The number of rotatable bonds is 10. The zero-order chi connectivity index (χ0) is 23.3. The van der Waals surface area contributed by atoms with Gasteiger partial charge in [0.25, 0.3) is 5.91 Å². The van der Waals surface area contributed by atoms with E-state index >= 15 is 0 Å². The van der Waals surface area contributed by atoms with Crippen LogP contribution in [0.2, 0.25) is 0 Å². The molecule has 3 N–H and O–H groups in total. The number of anilines is 1. The Morgan fingerprint density at radius 1 is 1.06 bits per heavy atom. The van der Waals surface area contributed by atoms with Crippen molar-refractivity contribution in [2.24, 2.45) is 5.10 Å². The van der Waals surface area contributed by atoms with Gasteiger partial charge in [-0.3, -0.25) is 14.4 Å². The quantitative estimate of drug-likeness (QED) is 0.227. The van der Waals surface area contributed by atoms with E-state index in [1.807, 2.05) is 32.0 Å². The number of nitrogens with zero attached hydrogens (tertiary/aromatic N) is 1. The van der Waals surface area contributed by atoms with Crippen LogP contribution in [-0.2, 0) is 14.4 Å². The van der Waals surface area contributed by atoms with E-state index in [1.54, 1.807) is 24.3 Å². The highest BCUT2D eigenvalue weighted by Crippen LogP contribution is 2.28. The van der Waals surface area contributed by atoms with Gasteiger partial charge in [-0.2, -0.15) is 5.10 Å². The zero-order valence-corrected chi connectivity index (χ0v) is 18.0. The smallest absolute Gasteiger partial charge is 0.329 e. The van der Waals surface area contributed by atoms with Crippen LogP contribution >= 0.6 is 0 Å². The normalized spacial score (nSPS) is 10.3. The molecule has 0 saturated carbocycles. The van der Waals surface area contributed by atoms with Crippen LogP contribution in [0.5, 0.6) is 11.5 Å². The van der Waals surface area contributed by atoms with Crippen molar-refractivity contribution in [2.75, 3.05) is 25.1 Å². The first kappa shape index (κ1) is 24.1.